The molecule has 2 heterocycles. The summed E-state index contributed by atoms with van der Waals surface area (Å²) in [7, 11) is 1.65. The Hall–Kier alpha value is -1.95. The van der Waals surface area contributed by atoms with Crippen molar-refractivity contribution in [2.24, 2.45) is 0 Å². The number of nitrogens with zero attached hydrogens (tertiary/aromatic N) is 3. The van der Waals surface area contributed by atoms with E-state index in [2.05, 4.69) is 9.97 Å². The van der Waals surface area contributed by atoms with Crippen LogP contribution >= 0.6 is 11.3 Å². The van der Waals surface area contributed by atoms with Gasteiger partial charge in [0.05, 0.1) is 0 Å². The van der Waals surface area contributed by atoms with E-state index in [1.165, 1.54) is 4.90 Å². The van der Waals surface area contributed by atoms with Crippen molar-refractivity contribution in [3.05, 3.63) is 29.9 Å². The second kappa shape index (κ2) is 4.92. The van der Waals surface area contributed by atoms with Gasteiger partial charge in [-0.15, -0.1) is 11.3 Å². The Morgan fingerprint density at radius 3 is 2.71 bits per heavy atom. The van der Waals surface area contributed by atoms with Crippen molar-refractivity contribution in [3.8, 4) is 10.4 Å². The molecule has 2 aromatic rings. The van der Waals surface area contributed by atoms with Crippen molar-refractivity contribution in [1.29, 1.82) is 0 Å². The number of carboxylic acids is 1. The molecule has 0 spiro atoms. The largest absolute Gasteiger partial charge is 0.480 e. The normalized spacial score (nSPS) is 10.2. The number of aromatic nitrogens is 2. The van der Waals surface area contributed by atoms with Crippen LogP contribution in [0.3, 0.4) is 0 Å². The first-order chi connectivity index (χ1) is 8.16. The summed E-state index contributed by atoms with van der Waals surface area (Å²) in [5.74, 6) is -0.494. The third kappa shape index (κ3) is 2.79. The molecule has 2 rings (SSSR count). The van der Waals surface area contributed by atoms with Crippen molar-refractivity contribution < 1.29 is 9.90 Å². The maximum atomic E-state index is 10.5. The second-order valence-electron chi connectivity index (χ2n) is 3.50. The number of carboxylic acid groups (broad SMARTS) is 1. The fourth-order valence-corrected chi connectivity index (χ4v) is 2.06. The molecule has 0 fully saturated rings. The summed E-state index contributed by atoms with van der Waals surface area (Å²) in [6, 6.07) is 3.95. The number of anilines is 1. The highest BCUT2D eigenvalue weighted by molar-refractivity contribution is 7.13. The van der Waals surface area contributed by atoms with E-state index in [9.17, 15) is 4.79 Å². The highest BCUT2D eigenvalue weighted by Crippen LogP contribution is 2.23. The van der Waals surface area contributed by atoms with Gasteiger partial charge in [0, 0.05) is 29.9 Å². The van der Waals surface area contributed by atoms with Gasteiger partial charge in [-0.3, -0.25) is 4.79 Å². The maximum absolute atomic E-state index is 10.5. The van der Waals surface area contributed by atoms with Gasteiger partial charge in [-0.1, -0.05) is 6.07 Å². The first kappa shape index (κ1) is 11.5. The summed E-state index contributed by atoms with van der Waals surface area (Å²) >= 11 is 1.61. The van der Waals surface area contributed by atoms with E-state index >= 15 is 0 Å². The van der Waals surface area contributed by atoms with Gasteiger partial charge in [-0.2, -0.15) is 0 Å². The van der Waals surface area contributed by atoms with Gasteiger partial charge in [0.15, 0.2) is 0 Å². The Kier molecular flexibility index (Phi) is 3.34. The van der Waals surface area contributed by atoms with Crippen LogP contribution in [0.5, 0.6) is 0 Å². The Morgan fingerprint density at radius 2 is 2.18 bits per heavy atom. The molecule has 0 bridgehead atoms. The van der Waals surface area contributed by atoms with Crippen LogP contribution in [-0.4, -0.2) is 34.6 Å². The van der Waals surface area contributed by atoms with Gasteiger partial charge in [-0.05, 0) is 11.4 Å². The summed E-state index contributed by atoms with van der Waals surface area (Å²) in [5.41, 5.74) is 0.937. The molecule has 2 aromatic heterocycles. The van der Waals surface area contributed by atoms with E-state index in [4.69, 9.17) is 5.11 Å². The molecule has 0 atom stereocenters. The molecule has 0 aliphatic rings. The van der Waals surface area contributed by atoms with Crippen LogP contribution in [0.25, 0.3) is 10.4 Å². The molecule has 6 heteroatoms. The SMILES string of the molecule is CN(CC(=O)O)c1ncc(-c2cccs2)cn1. The summed E-state index contributed by atoms with van der Waals surface area (Å²) in [4.78, 5) is 21.4. The second-order valence-corrected chi connectivity index (χ2v) is 4.45. The Bertz CT molecular complexity index is 496. The smallest absolute Gasteiger partial charge is 0.323 e. The van der Waals surface area contributed by atoms with Gasteiger partial charge in [0.25, 0.3) is 0 Å². The maximum Gasteiger partial charge on any atom is 0.323 e. The summed E-state index contributed by atoms with van der Waals surface area (Å²) in [5, 5.41) is 10.6. The molecule has 0 amide bonds. The average molecular weight is 249 g/mol. The molecule has 0 saturated heterocycles. The minimum Gasteiger partial charge on any atom is -0.480 e. The van der Waals surface area contributed by atoms with Crippen LogP contribution in [0.15, 0.2) is 29.9 Å². The highest BCUT2D eigenvalue weighted by Gasteiger charge is 2.08. The summed E-state index contributed by atoms with van der Waals surface area (Å²) in [6.45, 7) is -0.113. The van der Waals surface area contributed by atoms with E-state index < -0.39 is 5.97 Å². The van der Waals surface area contributed by atoms with Gasteiger partial charge in [0.2, 0.25) is 5.95 Å². The highest BCUT2D eigenvalue weighted by atomic mass is 32.1. The number of thiophene rings is 1. The molecular formula is C11H11N3O2S. The van der Waals surface area contributed by atoms with Crippen LogP contribution < -0.4 is 4.90 Å². The number of rotatable bonds is 4. The number of aliphatic carboxylic acids is 1. The molecule has 5 nitrogen and oxygen atoms in total. The lowest BCUT2D eigenvalue weighted by atomic mass is 10.3. The van der Waals surface area contributed by atoms with E-state index in [1.807, 2.05) is 17.5 Å². The minimum absolute atomic E-state index is 0.113. The fourth-order valence-electron chi connectivity index (χ4n) is 1.36. The van der Waals surface area contributed by atoms with Gasteiger partial charge >= 0.3 is 5.97 Å². The Morgan fingerprint density at radius 1 is 1.47 bits per heavy atom. The van der Waals surface area contributed by atoms with E-state index in [0.29, 0.717) is 5.95 Å². The lowest BCUT2D eigenvalue weighted by molar-refractivity contribution is -0.135. The molecular weight excluding hydrogens is 238 g/mol. The van der Waals surface area contributed by atoms with Gasteiger partial charge < -0.3 is 10.0 Å². The molecule has 17 heavy (non-hydrogen) atoms. The van der Waals surface area contributed by atoms with Gasteiger partial charge in [-0.25, -0.2) is 9.97 Å². The quantitative estimate of drug-likeness (QED) is 0.893. The number of hydrogen-bond acceptors (Lipinski definition) is 5. The number of hydrogen-bond donors (Lipinski definition) is 1. The Labute approximate surface area is 102 Å². The zero-order chi connectivity index (χ0) is 12.3. The zero-order valence-electron chi connectivity index (χ0n) is 9.20. The third-order valence-electron chi connectivity index (χ3n) is 2.16. The van der Waals surface area contributed by atoms with Crippen LogP contribution in [0.4, 0.5) is 5.95 Å². The Balaban J connectivity index is 2.15. The third-order valence-corrected chi connectivity index (χ3v) is 3.08. The predicted octanol–water partition coefficient (Wildman–Crippen LogP) is 1.73. The minimum atomic E-state index is -0.904. The lowest BCUT2D eigenvalue weighted by Gasteiger charge is -2.13. The van der Waals surface area contributed by atoms with Crippen molar-refractivity contribution in [2.45, 2.75) is 0 Å². The molecule has 0 aromatic carbocycles. The van der Waals surface area contributed by atoms with E-state index in [0.717, 1.165) is 10.4 Å². The van der Waals surface area contributed by atoms with Crippen molar-refractivity contribution in [2.75, 3.05) is 18.5 Å². The standard InChI is InChI=1S/C11H11N3O2S/c1-14(7-10(15)16)11-12-5-8(6-13-11)9-3-2-4-17-9/h2-6H,7H2,1H3,(H,15,16). The van der Waals surface area contributed by atoms with Crippen LogP contribution in [0, 0.1) is 0 Å². The average Bonchev–Trinajstić information content (AvgIpc) is 2.82. The molecule has 0 aliphatic carbocycles. The van der Waals surface area contributed by atoms with Crippen molar-refractivity contribution >= 4 is 23.3 Å². The van der Waals surface area contributed by atoms with Crippen molar-refractivity contribution in [3.63, 3.8) is 0 Å². The van der Waals surface area contributed by atoms with Crippen LogP contribution in [0.1, 0.15) is 0 Å². The zero-order valence-corrected chi connectivity index (χ0v) is 10.0. The topological polar surface area (TPSA) is 66.3 Å². The monoisotopic (exact) mass is 249 g/mol. The fraction of sp³-hybridized carbons (Fsp3) is 0.182. The number of likely N-dealkylation sites (N-methyl/N-ethyl adjacent to an activating group) is 1. The molecule has 0 unspecified atom stereocenters. The molecule has 1 N–H and O–H groups in total. The molecule has 0 aliphatic heterocycles. The lowest BCUT2D eigenvalue weighted by Crippen LogP contribution is -2.26. The summed E-state index contributed by atoms with van der Waals surface area (Å²) < 4.78 is 0. The van der Waals surface area contributed by atoms with Gasteiger partial charge in [0.1, 0.15) is 6.54 Å². The van der Waals surface area contributed by atoms with Crippen LogP contribution in [-0.2, 0) is 4.79 Å². The van der Waals surface area contributed by atoms with Crippen LogP contribution in [0.2, 0.25) is 0 Å². The first-order valence-electron chi connectivity index (χ1n) is 4.95. The summed E-state index contributed by atoms with van der Waals surface area (Å²) in [6.07, 6.45) is 3.40. The number of carbonyl (C=O) groups is 1. The first-order valence-corrected chi connectivity index (χ1v) is 5.83. The molecule has 88 valence electrons. The van der Waals surface area contributed by atoms with E-state index in [1.54, 1.807) is 30.8 Å². The molecule has 0 radical (unpaired) electrons. The molecule has 0 saturated carbocycles. The van der Waals surface area contributed by atoms with Crippen molar-refractivity contribution in [1.82, 2.24) is 9.97 Å². The van der Waals surface area contributed by atoms with E-state index in [-0.39, 0.29) is 6.54 Å². The predicted molar refractivity (Wildman–Crippen MR) is 66.3 cm³/mol.